The van der Waals surface area contributed by atoms with E-state index < -0.39 is 17.2 Å². The summed E-state index contributed by atoms with van der Waals surface area (Å²) in [6.45, 7) is 0.888. The van der Waals surface area contributed by atoms with Crippen molar-refractivity contribution in [1.82, 2.24) is 25.1 Å². The smallest absolute Gasteiger partial charge is 0.279 e. The molecule has 7 nitrogen and oxygen atoms in total. The van der Waals surface area contributed by atoms with Crippen LogP contribution < -0.4 is 5.56 Å². The molecule has 1 aromatic carbocycles. The molecule has 1 fully saturated rings. The minimum absolute atomic E-state index is 0.0799. The van der Waals surface area contributed by atoms with Gasteiger partial charge in [-0.25, -0.2) is 13.8 Å². The Labute approximate surface area is 139 Å². The van der Waals surface area contributed by atoms with E-state index >= 15 is 0 Å². The fourth-order valence-electron chi connectivity index (χ4n) is 3.01. The van der Waals surface area contributed by atoms with Gasteiger partial charge in [0.05, 0.1) is 6.33 Å². The molecule has 1 aliphatic heterocycles. The maximum atomic E-state index is 13.7. The number of rotatable bonds is 3. The highest BCUT2D eigenvalue weighted by atomic mass is 19.1. The molecule has 0 spiro atoms. The van der Waals surface area contributed by atoms with Gasteiger partial charge >= 0.3 is 0 Å². The second kappa shape index (κ2) is 5.76. The Balaban J connectivity index is 1.45. The van der Waals surface area contributed by atoms with E-state index in [2.05, 4.69) is 20.2 Å². The maximum absolute atomic E-state index is 13.7. The van der Waals surface area contributed by atoms with Crippen LogP contribution >= 0.6 is 0 Å². The lowest BCUT2D eigenvalue weighted by atomic mass is 9.91. The van der Waals surface area contributed by atoms with Gasteiger partial charge in [-0.3, -0.25) is 14.7 Å². The summed E-state index contributed by atoms with van der Waals surface area (Å²) < 4.78 is 26.6. The van der Waals surface area contributed by atoms with Crippen molar-refractivity contribution in [1.29, 1.82) is 0 Å². The SMILES string of the molecule is O=C(c1[nH]nc2c(=O)[nH]cnc12)N1CC(Cc2ccc(F)cc2F)C1. The van der Waals surface area contributed by atoms with Crippen molar-refractivity contribution in [2.75, 3.05) is 13.1 Å². The fourth-order valence-corrected chi connectivity index (χ4v) is 3.01. The Morgan fingerprint density at radius 3 is 2.84 bits per heavy atom. The second-order valence-electron chi connectivity index (χ2n) is 6.04. The minimum atomic E-state index is -0.611. The van der Waals surface area contributed by atoms with E-state index in [-0.39, 0.29) is 28.6 Å². The molecule has 4 rings (SSSR count). The third-order valence-corrected chi connectivity index (χ3v) is 4.33. The molecule has 3 heterocycles. The van der Waals surface area contributed by atoms with Gasteiger partial charge < -0.3 is 9.88 Å². The molecule has 1 saturated heterocycles. The van der Waals surface area contributed by atoms with Gasteiger partial charge in [0, 0.05) is 19.2 Å². The number of nitrogens with zero attached hydrogens (tertiary/aromatic N) is 3. The van der Waals surface area contributed by atoms with Crippen LogP contribution in [-0.4, -0.2) is 44.1 Å². The Morgan fingerprint density at radius 2 is 2.08 bits per heavy atom. The number of H-pyrrole nitrogens is 2. The van der Waals surface area contributed by atoms with Crippen molar-refractivity contribution in [2.45, 2.75) is 6.42 Å². The van der Waals surface area contributed by atoms with E-state index in [1.165, 1.54) is 18.5 Å². The molecule has 2 N–H and O–H groups in total. The van der Waals surface area contributed by atoms with Crippen LogP contribution in [0.15, 0.2) is 29.3 Å². The number of benzene rings is 1. The van der Waals surface area contributed by atoms with Crippen LogP contribution in [0.2, 0.25) is 0 Å². The topological polar surface area (TPSA) is 94.7 Å². The first-order valence-corrected chi connectivity index (χ1v) is 7.68. The molecule has 9 heteroatoms. The quantitative estimate of drug-likeness (QED) is 0.747. The molecule has 3 aromatic rings. The lowest BCUT2D eigenvalue weighted by Gasteiger charge is -2.39. The van der Waals surface area contributed by atoms with Gasteiger partial charge in [-0.1, -0.05) is 6.07 Å². The molecule has 25 heavy (non-hydrogen) atoms. The zero-order valence-corrected chi connectivity index (χ0v) is 12.9. The van der Waals surface area contributed by atoms with Gasteiger partial charge in [-0.2, -0.15) is 5.10 Å². The Bertz CT molecular complexity index is 1020. The highest BCUT2D eigenvalue weighted by Gasteiger charge is 2.33. The lowest BCUT2D eigenvalue weighted by molar-refractivity contribution is 0.0495. The van der Waals surface area contributed by atoms with Gasteiger partial charge in [-0.15, -0.1) is 0 Å². The highest BCUT2D eigenvalue weighted by molar-refractivity contribution is 6.03. The highest BCUT2D eigenvalue weighted by Crippen LogP contribution is 2.24. The summed E-state index contributed by atoms with van der Waals surface area (Å²) in [6.07, 6.45) is 1.64. The fraction of sp³-hybridized carbons (Fsp3) is 0.250. The summed E-state index contributed by atoms with van der Waals surface area (Å²) >= 11 is 0. The third-order valence-electron chi connectivity index (χ3n) is 4.33. The number of aromatic amines is 2. The molecule has 0 unspecified atom stereocenters. The molecule has 1 amide bonds. The number of nitrogens with one attached hydrogen (secondary N) is 2. The summed E-state index contributed by atoms with van der Waals surface area (Å²) in [6, 6.07) is 3.50. The number of hydrogen-bond donors (Lipinski definition) is 2. The number of carbonyl (C=O) groups excluding carboxylic acids is 1. The van der Waals surface area contributed by atoms with E-state index in [4.69, 9.17) is 0 Å². The summed E-state index contributed by atoms with van der Waals surface area (Å²) in [5, 5.41) is 6.38. The van der Waals surface area contributed by atoms with Crippen LogP contribution in [0, 0.1) is 17.6 Å². The van der Waals surface area contributed by atoms with Gasteiger partial charge in [0.2, 0.25) is 0 Å². The first-order chi connectivity index (χ1) is 12.0. The summed E-state index contributed by atoms with van der Waals surface area (Å²) in [7, 11) is 0. The number of hydrogen-bond acceptors (Lipinski definition) is 4. The third kappa shape index (κ3) is 2.67. The number of halogens is 2. The van der Waals surface area contributed by atoms with Crippen LogP contribution in [0.1, 0.15) is 16.1 Å². The monoisotopic (exact) mass is 345 g/mol. The number of fused-ring (bicyclic) bond motifs is 1. The summed E-state index contributed by atoms with van der Waals surface area (Å²) in [5.74, 6) is -1.40. The zero-order chi connectivity index (χ0) is 17.6. The van der Waals surface area contributed by atoms with E-state index in [0.29, 0.717) is 25.1 Å². The van der Waals surface area contributed by atoms with E-state index in [1.54, 1.807) is 4.90 Å². The standard InChI is InChI=1S/C16H13F2N5O2/c17-10-2-1-9(11(18)4-10)3-8-5-23(6-8)16(25)14-12-13(21-22-14)15(24)20-7-19-12/h1-2,4,7-8H,3,5-6H2,(H,21,22)(H,19,20,24). The molecule has 128 valence electrons. The molecule has 0 radical (unpaired) electrons. The molecule has 0 bridgehead atoms. The van der Waals surface area contributed by atoms with Crippen LogP contribution in [0.4, 0.5) is 8.78 Å². The average molecular weight is 345 g/mol. The van der Waals surface area contributed by atoms with Crippen LogP contribution in [0.3, 0.4) is 0 Å². The molecule has 0 aliphatic carbocycles. The van der Waals surface area contributed by atoms with Crippen molar-refractivity contribution >= 4 is 16.9 Å². The normalized spacial score (nSPS) is 14.7. The Morgan fingerprint density at radius 1 is 1.28 bits per heavy atom. The molecule has 2 aromatic heterocycles. The first-order valence-electron chi connectivity index (χ1n) is 7.68. The second-order valence-corrected chi connectivity index (χ2v) is 6.04. The van der Waals surface area contributed by atoms with E-state index in [1.807, 2.05) is 0 Å². The minimum Gasteiger partial charge on any atom is -0.337 e. The zero-order valence-electron chi connectivity index (χ0n) is 12.9. The number of carbonyl (C=O) groups is 1. The Kier molecular flexibility index (Phi) is 3.56. The predicted molar refractivity (Wildman–Crippen MR) is 84.0 cm³/mol. The molecule has 1 aliphatic rings. The molecule has 0 saturated carbocycles. The van der Waals surface area contributed by atoms with Gasteiger partial charge in [0.1, 0.15) is 22.8 Å². The van der Waals surface area contributed by atoms with Gasteiger partial charge in [-0.05, 0) is 24.0 Å². The van der Waals surface area contributed by atoms with Crippen molar-refractivity contribution < 1.29 is 13.6 Å². The number of amides is 1. The van der Waals surface area contributed by atoms with Crippen molar-refractivity contribution in [3.63, 3.8) is 0 Å². The first kappa shape index (κ1) is 15.4. The van der Waals surface area contributed by atoms with E-state index in [9.17, 15) is 18.4 Å². The van der Waals surface area contributed by atoms with Crippen LogP contribution in [-0.2, 0) is 6.42 Å². The predicted octanol–water partition coefficient (Wildman–Crippen LogP) is 1.24. The number of likely N-dealkylation sites (tertiary alicyclic amines) is 1. The molecular formula is C16H13F2N5O2. The van der Waals surface area contributed by atoms with Crippen molar-refractivity contribution in [2.24, 2.45) is 5.92 Å². The van der Waals surface area contributed by atoms with Gasteiger partial charge in [0.15, 0.2) is 5.52 Å². The van der Waals surface area contributed by atoms with Crippen molar-refractivity contribution in [3.05, 3.63) is 57.8 Å². The largest absolute Gasteiger partial charge is 0.337 e. The van der Waals surface area contributed by atoms with Crippen LogP contribution in [0.25, 0.3) is 11.0 Å². The Hall–Kier alpha value is -3.10. The number of aromatic nitrogens is 4. The van der Waals surface area contributed by atoms with Gasteiger partial charge in [0.25, 0.3) is 11.5 Å². The lowest BCUT2D eigenvalue weighted by Crippen LogP contribution is -2.51. The van der Waals surface area contributed by atoms with E-state index in [0.717, 1.165) is 6.07 Å². The molecular weight excluding hydrogens is 332 g/mol. The summed E-state index contributed by atoms with van der Waals surface area (Å²) in [4.78, 5) is 32.1. The maximum Gasteiger partial charge on any atom is 0.279 e. The summed E-state index contributed by atoms with van der Waals surface area (Å²) in [5.41, 5.74) is 0.470. The van der Waals surface area contributed by atoms with Crippen molar-refractivity contribution in [3.8, 4) is 0 Å². The average Bonchev–Trinajstić information content (AvgIpc) is 2.97. The molecule has 0 atom stereocenters. The van der Waals surface area contributed by atoms with Crippen LogP contribution in [0.5, 0.6) is 0 Å².